The van der Waals surface area contributed by atoms with E-state index in [1.807, 2.05) is 6.07 Å². The van der Waals surface area contributed by atoms with E-state index in [0.717, 1.165) is 15.0 Å². The van der Waals surface area contributed by atoms with Gasteiger partial charge in [0.1, 0.15) is 5.82 Å². The second kappa shape index (κ2) is 5.99. The maximum atomic E-state index is 13.0. The summed E-state index contributed by atoms with van der Waals surface area (Å²) in [6, 6.07) is 6.16. The Morgan fingerprint density at radius 2 is 2.21 bits per heavy atom. The lowest BCUT2D eigenvalue weighted by Crippen LogP contribution is -2.38. The second-order valence-corrected chi connectivity index (χ2v) is 5.48. The summed E-state index contributed by atoms with van der Waals surface area (Å²) >= 11 is 1.51. The Morgan fingerprint density at radius 3 is 2.95 bits per heavy atom. The van der Waals surface area contributed by atoms with Crippen LogP contribution in [0, 0.1) is 5.82 Å². The normalized spacial score (nSPS) is 12.4. The number of urea groups is 1. The molecule has 0 aliphatic carbocycles. The molecule has 1 atom stereocenters. The zero-order valence-electron chi connectivity index (χ0n) is 10.4. The summed E-state index contributed by atoms with van der Waals surface area (Å²) in [6.07, 6.45) is -0.571. The molecule has 0 bridgehead atoms. The number of hydrogen-bond donors (Lipinski definition) is 3. The van der Waals surface area contributed by atoms with Gasteiger partial charge in [0, 0.05) is 16.1 Å². The Morgan fingerprint density at radius 1 is 1.42 bits per heavy atom. The number of aliphatic hydroxyl groups is 1. The van der Waals surface area contributed by atoms with Gasteiger partial charge in [-0.05, 0) is 36.6 Å². The summed E-state index contributed by atoms with van der Waals surface area (Å²) in [5.41, 5.74) is 0. The molecule has 1 aromatic carbocycles. The molecule has 4 nitrogen and oxygen atoms in total. The average Bonchev–Trinajstić information content (AvgIpc) is 2.75. The second-order valence-electron chi connectivity index (χ2n) is 4.31. The molecule has 0 radical (unpaired) electrons. The van der Waals surface area contributed by atoms with Gasteiger partial charge in [-0.3, -0.25) is 0 Å². The van der Waals surface area contributed by atoms with E-state index in [2.05, 4.69) is 10.6 Å². The molecule has 0 saturated carbocycles. The van der Waals surface area contributed by atoms with E-state index in [1.165, 1.54) is 23.5 Å². The molecule has 0 aliphatic rings. The van der Waals surface area contributed by atoms with E-state index in [4.69, 9.17) is 5.11 Å². The van der Waals surface area contributed by atoms with E-state index in [0.29, 0.717) is 6.54 Å². The Bertz CT molecular complexity index is 583. The number of thiophene rings is 1. The third-order valence-corrected chi connectivity index (χ3v) is 3.63. The maximum absolute atomic E-state index is 13.0. The summed E-state index contributed by atoms with van der Waals surface area (Å²) in [5, 5.41) is 15.1. The first-order valence-corrected chi connectivity index (χ1v) is 6.74. The number of nitrogens with one attached hydrogen (secondary N) is 2. The van der Waals surface area contributed by atoms with E-state index in [9.17, 15) is 9.18 Å². The van der Waals surface area contributed by atoms with Crippen LogP contribution >= 0.6 is 11.3 Å². The molecule has 19 heavy (non-hydrogen) atoms. The number of benzene rings is 1. The minimum Gasteiger partial charge on any atom is -0.392 e. The van der Waals surface area contributed by atoms with Gasteiger partial charge in [-0.2, -0.15) is 0 Å². The highest BCUT2D eigenvalue weighted by molar-refractivity contribution is 7.19. The standard InChI is InChI=1S/C13H15FN2O2S/c1-8(17)6-15-13(18)16-7-11-5-9-4-10(14)2-3-12(9)19-11/h2-5,8,17H,6-7H2,1H3,(H2,15,16,18)/t8-/m1/s1. The van der Waals surface area contributed by atoms with Crippen LogP contribution in [0.3, 0.4) is 0 Å². The first-order valence-electron chi connectivity index (χ1n) is 5.92. The van der Waals surface area contributed by atoms with E-state index in [-0.39, 0.29) is 18.4 Å². The SMILES string of the molecule is C[C@@H](O)CNC(=O)NCc1cc2cc(F)ccc2s1. The highest BCUT2D eigenvalue weighted by atomic mass is 32.1. The first kappa shape index (κ1) is 13.8. The molecule has 0 aliphatic heterocycles. The van der Waals surface area contributed by atoms with Crippen molar-refractivity contribution in [3.8, 4) is 0 Å². The third-order valence-electron chi connectivity index (χ3n) is 2.51. The number of fused-ring (bicyclic) bond motifs is 1. The van der Waals surface area contributed by atoms with Crippen LogP contribution in [-0.4, -0.2) is 23.8 Å². The maximum Gasteiger partial charge on any atom is 0.315 e. The lowest BCUT2D eigenvalue weighted by Gasteiger charge is -2.07. The lowest BCUT2D eigenvalue weighted by molar-refractivity contribution is 0.187. The van der Waals surface area contributed by atoms with Crippen molar-refractivity contribution in [1.29, 1.82) is 0 Å². The van der Waals surface area contributed by atoms with Crippen molar-refractivity contribution in [3.05, 3.63) is 35.0 Å². The molecule has 1 heterocycles. The van der Waals surface area contributed by atoms with Crippen LogP contribution in [0.2, 0.25) is 0 Å². The van der Waals surface area contributed by atoms with Gasteiger partial charge in [0.05, 0.1) is 12.6 Å². The van der Waals surface area contributed by atoms with Gasteiger partial charge < -0.3 is 15.7 Å². The molecule has 0 fully saturated rings. The molecular weight excluding hydrogens is 267 g/mol. The van der Waals surface area contributed by atoms with Gasteiger partial charge in [0.15, 0.2) is 0 Å². The van der Waals surface area contributed by atoms with Crippen molar-refractivity contribution in [1.82, 2.24) is 10.6 Å². The Kier molecular flexibility index (Phi) is 4.34. The van der Waals surface area contributed by atoms with Crippen LogP contribution in [0.5, 0.6) is 0 Å². The predicted octanol–water partition coefficient (Wildman–Crippen LogP) is 2.22. The van der Waals surface area contributed by atoms with Gasteiger partial charge in [0.2, 0.25) is 0 Å². The molecular formula is C13H15FN2O2S. The molecule has 6 heteroatoms. The Labute approximate surface area is 114 Å². The monoisotopic (exact) mass is 282 g/mol. The van der Waals surface area contributed by atoms with Crippen molar-refractivity contribution in [2.75, 3.05) is 6.54 Å². The molecule has 3 N–H and O–H groups in total. The molecule has 102 valence electrons. The molecule has 0 saturated heterocycles. The molecule has 2 rings (SSSR count). The van der Waals surface area contributed by atoms with E-state index < -0.39 is 6.10 Å². The molecule has 0 spiro atoms. The van der Waals surface area contributed by atoms with Crippen molar-refractivity contribution >= 4 is 27.5 Å². The number of amides is 2. The Hall–Kier alpha value is -1.66. The minimum absolute atomic E-state index is 0.212. The molecule has 2 amide bonds. The lowest BCUT2D eigenvalue weighted by atomic mass is 10.2. The van der Waals surface area contributed by atoms with Gasteiger partial charge in [-0.25, -0.2) is 9.18 Å². The van der Waals surface area contributed by atoms with Gasteiger partial charge in [-0.15, -0.1) is 11.3 Å². The zero-order chi connectivity index (χ0) is 13.8. The summed E-state index contributed by atoms with van der Waals surface area (Å²) in [5.74, 6) is -0.264. The number of halogens is 1. The average molecular weight is 282 g/mol. The first-order chi connectivity index (χ1) is 9.04. The van der Waals surface area contributed by atoms with Crippen LogP contribution in [0.25, 0.3) is 10.1 Å². The fraction of sp³-hybridized carbons (Fsp3) is 0.308. The van der Waals surface area contributed by atoms with E-state index in [1.54, 1.807) is 13.0 Å². The van der Waals surface area contributed by atoms with E-state index >= 15 is 0 Å². The fourth-order valence-corrected chi connectivity index (χ4v) is 2.61. The molecule has 1 aromatic heterocycles. The van der Waals surface area contributed by atoms with Crippen LogP contribution in [0.1, 0.15) is 11.8 Å². The summed E-state index contributed by atoms with van der Waals surface area (Å²) < 4.78 is 14.0. The third kappa shape index (κ3) is 3.90. The number of carbonyl (C=O) groups excluding carboxylic acids is 1. The summed E-state index contributed by atoms with van der Waals surface area (Å²) in [6.45, 7) is 2.19. The number of carbonyl (C=O) groups is 1. The van der Waals surface area contributed by atoms with Gasteiger partial charge >= 0.3 is 6.03 Å². The van der Waals surface area contributed by atoms with Gasteiger partial charge in [0.25, 0.3) is 0 Å². The molecule has 2 aromatic rings. The van der Waals surface area contributed by atoms with Crippen molar-refractivity contribution in [3.63, 3.8) is 0 Å². The zero-order valence-corrected chi connectivity index (χ0v) is 11.3. The quantitative estimate of drug-likeness (QED) is 0.805. The van der Waals surface area contributed by atoms with Crippen LogP contribution in [-0.2, 0) is 6.54 Å². The highest BCUT2D eigenvalue weighted by Gasteiger charge is 2.05. The topological polar surface area (TPSA) is 61.4 Å². The van der Waals surface area contributed by atoms with Gasteiger partial charge in [-0.1, -0.05) is 0 Å². The fourth-order valence-electron chi connectivity index (χ4n) is 1.63. The highest BCUT2D eigenvalue weighted by Crippen LogP contribution is 2.26. The summed E-state index contributed by atoms with van der Waals surface area (Å²) in [7, 11) is 0. The van der Waals surface area contributed by atoms with Crippen LogP contribution in [0.4, 0.5) is 9.18 Å². The predicted molar refractivity (Wildman–Crippen MR) is 73.7 cm³/mol. The largest absolute Gasteiger partial charge is 0.392 e. The van der Waals surface area contributed by atoms with Crippen LogP contribution < -0.4 is 10.6 Å². The number of rotatable bonds is 4. The van der Waals surface area contributed by atoms with Crippen molar-refractivity contribution in [2.24, 2.45) is 0 Å². The minimum atomic E-state index is -0.571. The van der Waals surface area contributed by atoms with Crippen molar-refractivity contribution < 1.29 is 14.3 Å². The Balaban J connectivity index is 1.92. The van der Waals surface area contributed by atoms with Crippen molar-refractivity contribution in [2.45, 2.75) is 19.6 Å². The smallest absolute Gasteiger partial charge is 0.315 e. The number of hydrogen-bond acceptors (Lipinski definition) is 3. The molecule has 0 unspecified atom stereocenters. The number of aliphatic hydroxyl groups excluding tert-OH is 1. The summed E-state index contributed by atoms with van der Waals surface area (Å²) in [4.78, 5) is 12.4. The van der Waals surface area contributed by atoms with Crippen LogP contribution in [0.15, 0.2) is 24.3 Å².